The second kappa shape index (κ2) is 8.06. The van der Waals surface area contributed by atoms with Crippen molar-refractivity contribution in [1.82, 2.24) is 10.2 Å². The third kappa shape index (κ3) is 5.55. The smallest absolute Gasteiger partial charge is 0.238 e. The van der Waals surface area contributed by atoms with Crippen molar-refractivity contribution in [2.75, 3.05) is 26.2 Å². The number of morpholine rings is 1. The Morgan fingerprint density at radius 3 is 2.62 bits per heavy atom. The van der Waals surface area contributed by atoms with Gasteiger partial charge in [-0.1, -0.05) is 12.1 Å². The molecule has 24 heavy (non-hydrogen) atoms. The van der Waals surface area contributed by atoms with E-state index in [0.717, 1.165) is 12.1 Å². The first kappa shape index (κ1) is 18.9. The molecule has 2 unspecified atom stereocenters. The summed E-state index contributed by atoms with van der Waals surface area (Å²) in [5.41, 5.74) is 0.941. The van der Waals surface area contributed by atoms with E-state index in [9.17, 15) is 13.2 Å². The number of carbonyl (C=O) groups excluding carboxylic acids is 1. The van der Waals surface area contributed by atoms with Crippen LogP contribution in [0, 0.1) is 0 Å². The summed E-state index contributed by atoms with van der Waals surface area (Å²) in [6.07, 6.45) is 0.775. The summed E-state index contributed by atoms with van der Waals surface area (Å²) in [6, 6.07) is 6.60. The van der Waals surface area contributed by atoms with E-state index in [0.29, 0.717) is 26.1 Å². The SMILES string of the molecule is CC1CN(CC(=O)NCCc2ccc(S(N)(=O)=O)cc2)C(C)CO1. The molecule has 0 bridgehead atoms. The molecule has 0 aliphatic carbocycles. The molecule has 0 saturated carbocycles. The fraction of sp³-hybridized carbons (Fsp3) is 0.562. The fourth-order valence-corrected chi connectivity index (χ4v) is 3.14. The number of sulfonamides is 1. The molecular weight excluding hydrogens is 330 g/mol. The molecule has 1 aromatic rings. The maximum Gasteiger partial charge on any atom is 0.238 e. The minimum Gasteiger partial charge on any atom is -0.376 e. The molecule has 0 spiro atoms. The topological polar surface area (TPSA) is 102 Å². The number of nitrogens with zero attached hydrogens (tertiary/aromatic N) is 1. The maximum atomic E-state index is 12.0. The first-order chi connectivity index (χ1) is 11.3. The van der Waals surface area contributed by atoms with Gasteiger partial charge >= 0.3 is 0 Å². The molecule has 1 heterocycles. The van der Waals surface area contributed by atoms with Gasteiger partial charge in [0.15, 0.2) is 0 Å². The highest BCUT2D eigenvalue weighted by Gasteiger charge is 2.24. The molecule has 1 saturated heterocycles. The van der Waals surface area contributed by atoms with Crippen LogP contribution in [0.2, 0.25) is 0 Å². The highest BCUT2D eigenvalue weighted by molar-refractivity contribution is 7.89. The number of hydrogen-bond donors (Lipinski definition) is 2. The molecule has 134 valence electrons. The summed E-state index contributed by atoms with van der Waals surface area (Å²) in [7, 11) is -3.67. The average Bonchev–Trinajstić information content (AvgIpc) is 2.50. The van der Waals surface area contributed by atoms with Gasteiger partial charge in [-0.2, -0.15) is 0 Å². The van der Waals surface area contributed by atoms with E-state index in [-0.39, 0.29) is 22.9 Å². The Morgan fingerprint density at radius 1 is 1.33 bits per heavy atom. The molecule has 0 aromatic heterocycles. The van der Waals surface area contributed by atoms with Crippen LogP contribution in [-0.4, -0.2) is 57.6 Å². The van der Waals surface area contributed by atoms with E-state index >= 15 is 0 Å². The number of rotatable bonds is 6. The van der Waals surface area contributed by atoms with E-state index in [4.69, 9.17) is 9.88 Å². The zero-order valence-corrected chi connectivity index (χ0v) is 14.9. The Labute approximate surface area is 143 Å². The lowest BCUT2D eigenvalue weighted by Crippen LogP contribution is -2.51. The number of benzene rings is 1. The molecule has 7 nitrogen and oxygen atoms in total. The number of carbonyl (C=O) groups is 1. The Balaban J connectivity index is 1.76. The summed E-state index contributed by atoms with van der Waals surface area (Å²) >= 11 is 0. The predicted molar refractivity (Wildman–Crippen MR) is 91.0 cm³/mol. The molecule has 3 N–H and O–H groups in total. The van der Waals surface area contributed by atoms with Crippen molar-refractivity contribution in [1.29, 1.82) is 0 Å². The normalized spacial score (nSPS) is 22.3. The van der Waals surface area contributed by atoms with Gasteiger partial charge in [0.25, 0.3) is 0 Å². The van der Waals surface area contributed by atoms with Gasteiger partial charge in [-0.05, 0) is 38.0 Å². The van der Waals surface area contributed by atoms with Crippen molar-refractivity contribution in [2.45, 2.75) is 37.3 Å². The van der Waals surface area contributed by atoms with E-state index in [1.807, 2.05) is 13.8 Å². The van der Waals surface area contributed by atoms with Gasteiger partial charge in [0.05, 0.1) is 24.2 Å². The molecule has 1 fully saturated rings. The minimum atomic E-state index is -3.67. The number of ether oxygens (including phenoxy) is 1. The lowest BCUT2D eigenvalue weighted by molar-refractivity contribution is -0.125. The highest BCUT2D eigenvalue weighted by atomic mass is 32.2. The Kier molecular flexibility index (Phi) is 6.34. The molecule has 1 aromatic carbocycles. The van der Waals surface area contributed by atoms with Crippen LogP contribution in [0.15, 0.2) is 29.2 Å². The number of primary sulfonamides is 1. The monoisotopic (exact) mass is 355 g/mol. The minimum absolute atomic E-state index is 0.0166. The van der Waals surface area contributed by atoms with Crippen molar-refractivity contribution in [2.24, 2.45) is 5.14 Å². The zero-order chi connectivity index (χ0) is 17.7. The van der Waals surface area contributed by atoms with E-state index < -0.39 is 10.0 Å². The number of hydrogen-bond acceptors (Lipinski definition) is 5. The fourth-order valence-electron chi connectivity index (χ4n) is 2.62. The van der Waals surface area contributed by atoms with Crippen molar-refractivity contribution < 1.29 is 17.9 Å². The van der Waals surface area contributed by atoms with Gasteiger partial charge in [-0.3, -0.25) is 9.69 Å². The molecule has 2 atom stereocenters. The lowest BCUT2D eigenvalue weighted by Gasteiger charge is -2.36. The number of nitrogens with two attached hydrogens (primary N) is 1. The molecular formula is C16H25N3O4S. The van der Waals surface area contributed by atoms with Crippen LogP contribution in [0.25, 0.3) is 0 Å². The van der Waals surface area contributed by atoms with Crippen molar-refractivity contribution >= 4 is 15.9 Å². The Bertz CT molecular complexity index is 660. The van der Waals surface area contributed by atoms with Gasteiger partial charge < -0.3 is 10.1 Å². The van der Waals surface area contributed by atoms with Crippen LogP contribution in [0.5, 0.6) is 0 Å². The molecule has 8 heteroatoms. The number of nitrogens with one attached hydrogen (secondary N) is 1. The van der Waals surface area contributed by atoms with Crippen molar-refractivity contribution in [3.8, 4) is 0 Å². The first-order valence-corrected chi connectivity index (χ1v) is 9.54. The molecule has 2 rings (SSSR count). The third-order valence-electron chi connectivity index (χ3n) is 4.07. The molecule has 1 aliphatic heterocycles. The Hall–Kier alpha value is -1.48. The quantitative estimate of drug-likeness (QED) is 0.754. The van der Waals surface area contributed by atoms with E-state index in [1.165, 1.54) is 12.1 Å². The zero-order valence-electron chi connectivity index (χ0n) is 14.1. The van der Waals surface area contributed by atoms with Gasteiger partial charge in [0.2, 0.25) is 15.9 Å². The summed E-state index contributed by atoms with van der Waals surface area (Å²) in [6.45, 7) is 6.31. The summed E-state index contributed by atoms with van der Waals surface area (Å²) in [5.74, 6) is -0.0166. The van der Waals surface area contributed by atoms with Crippen LogP contribution in [0.3, 0.4) is 0 Å². The molecule has 0 radical (unpaired) electrons. The summed E-state index contributed by atoms with van der Waals surface area (Å²) < 4.78 is 27.9. The van der Waals surface area contributed by atoms with Crippen LogP contribution < -0.4 is 10.5 Å². The Morgan fingerprint density at radius 2 is 2.00 bits per heavy atom. The largest absolute Gasteiger partial charge is 0.376 e. The first-order valence-electron chi connectivity index (χ1n) is 8.00. The van der Waals surface area contributed by atoms with Crippen molar-refractivity contribution in [3.63, 3.8) is 0 Å². The lowest BCUT2D eigenvalue weighted by atomic mass is 10.1. The van der Waals surface area contributed by atoms with E-state index in [2.05, 4.69) is 10.2 Å². The predicted octanol–water partition coefficient (Wildman–Crippen LogP) is 0.102. The summed E-state index contributed by atoms with van der Waals surface area (Å²) in [4.78, 5) is 14.3. The van der Waals surface area contributed by atoms with Gasteiger partial charge in [0, 0.05) is 19.1 Å². The van der Waals surface area contributed by atoms with Gasteiger partial charge in [-0.25, -0.2) is 13.6 Å². The number of amides is 1. The highest BCUT2D eigenvalue weighted by Crippen LogP contribution is 2.11. The van der Waals surface area contributed by atoms with Crippen LogP contribution in [0.4, 0.5) is 0 Å². The van der Waals surface area contributed by atoms with E-state index in [1.54, 1.807) is 12.1 Å². The third-order valence-corrected chi connectivity index (χ3v) is 5.00. The van der Waals surface area contributed by atoms with Crippen molar-refractivity contribution in [3.05, 3.63) is 29.8 Å². The molecule has 1 amide bonds. The van der Waals surface area contributed by atoms with Gasteiger partial charge in [0.1, 0.15) is 0 Å². The average molecular weight is 355 g/mol. The van der Waals surface area contributed by atoms with Crippen LogP contribution in [-0.2, 0) is 26.0 Å². The second-order valence-electron chi connectivity index (χ2n) is 6.21. The van der Waals surface area contributed by atoms with Crippen LogP contribution >= 0.6 is 0 Å². The second-order valence-corrected chi connectivity index (χ2v) is 7.77. The maximum absolute atomic E-state index is 12.0. The summed E-state index contributed by atoms with van der Waals surface area (Å²) in [5, 5.41) is 7.95. The van der Waals surface area contributed by atoms with Crippen LogP contribution in [0.1, 0.15) is 19.4 Å². The molecule has 1 aliphatic rings. The standard InChI is InChI=1S/C16H25N3O4S/c1-12-11-23-13(2)9-19(12)10-16(20)18-8-7-14-3-5-15(6-4-14)24(17,21)22/h3-6,12-13H,7-11H2,1-2H3,(H,18,20)(H2,17,21,22). The van der Waals surface area contributed by atoms with Gasteiger partial charge in [-0.15, -0.1) is 0 Å².